The molecular formula is C16H32N2O. The quantitative estimate of drug-likeness (QED) is 0.745. The van der Waals surface area contributed by atoms with Crippen molar-refractivity contribution < 1.29 is 4.79 Å². The van der Waals surface area contributed by atoms with Crippen LogP contribution in [0.15, 0.2) is 0 Å². The van der Waals surface area contributed by atoms with Crippen LogP contribution in [0.1, 0.15) is 72.1 Å². The van der Waals surface area contributed by atoms with Gasteiger partial charge in [0.05, 0.1) is 0 Å². The van der Waals surface area contributed by atoms with Crippen molar-refractivity contribution in [2.75, 3.05) is 6.54 Å². The molecule has 0 aliphatic heterocycles. The predicted octanol–water partition coefficient (Wildman–Crippen LogP) is 3.23. The van der Waals surface area contributed by atoms with Crippen LogP contribution < -0.4 is 11.1 Å². The van der Waals surface area contributed by atoms with E-state index in [0.29, 0.717) is 18.3 Å². The molecule has 0 bridgehead atoms. The predicted molar refractivity (Wildman–Crippen MR) is 80.9 cm³/mol. The summed E-state index contributed by atoms with van der Waals surface area (Å²) in [5.41, 5.74) is 5.70. The molecule has 0 spiro atoms. The van der Waals surface area contributed by atoms with Gasteiger partial charge >= 0.3 is 0 Å². The fourth-order valence-corrected chi connectivity index (χ4v) is 3.20. The Labute approximate surface area is 118 Å². The third kappa shape index (κ3) is 5.94. The van der Waals surface area contributed by atoms with Crippen LogP contribution in [0.5, 0.6) is 0 Å². The molecule has 0 saturated heterocycles. The Morgan fingerprint density at radius 2 is 1.84 bits per heavy atom. The van der Waals surface area contributed by atoms with E-state index in [1.54, 1.807) is 0 Å². The van der Waals surface area contributed by atoms with Gasteiger partial charge in [0.25, 0.3) is 0 Å². The summed E-state index contributed by atoms with van der Waals surface area (Å²) in [5.74, 6) is 1.42. The summed E-state index contributed by atoms with van der Waals surface area (Å²) in [4.78, 5) is 12.1. The van der Waals surface area contributed by atoms with Crippen LogP contribution in [-0.2, 0) is 4.79 Å². The normalized spacial score (nSPS) is 20.3. The second kappa shape index (κ2) is 7.88. The first kappa shape index (κ1) is 16.5. The van der Waals surface area contributed by atoms with Crippen molar-refractivity contribution in [1.29, 1.82) is 0 Å². The number of rotatable bonds is 7. The van der Waals surface area contributed by atoms with E-state index in [9.17, 15) is 4.79 Å². The van der Waals surface area contributed by atoms with Gasteiger partial charge in [0, 0.05) is 12.0 Å². The Balaban J connectivity index is 2.33. The van der Waals surface area contributed by atoms with E-state index in [0.717, 1.165) is 32.2 Å². The van der Waals surface area contributed by atoms with E-state index in [1.807, 2.05) is 0 Å². The zero-order valence-electron chi connectivity index (χ0n) is 13.0. The molecule has 1 fully saturated rings. The first-order valence-electron chi connectivity index (χ1n) is 7.98. The molecule has 1 unspecified atom stereocenters. The van der Waals surface area contributed by atoms with Crippen LogP contribution >= 0.6 is 0 Å². The van der Waals surface area contributed by atoms with Crippen LogP contribution in [0, 0.1) is 11.8 Å². The Bertz CT molecular complexity index is 270. The Hall–Kier alpha value is -0.570. The van der Waals surface area contributed by atoms with Crippen molar-refractivity contribution in [2.24, 2.45) is 17.6 Å². The van der Waals surface area contributed by atoms with Crippen molar-refractivity contribution >= 4 is 5.91 Å². The largest absolute Gasteiger partial charge is 0.351 e. The minimum absolute atomic E-state index is 0.0521. The lowest BCUT2D eigenvalue weighted by Crippen LogP contribution is -2.47. The summed E-state index contributed by atoms with van der Waals surface area (Å²) in [5, 5.41) is 3.26. The monoisotopic (exact) mass is 268 g/mol. The molecule has 3 N–H and O–H groups in total. The molecule has 1 aliphatic carbocycles. The molecule has 0 aromatic heterocycles. The lowest BCUT2D eigenvalue weighted by molar-refractivity contribution is -0.123. The zero-order valence-corrected chi connectivity index (χ0v) is 13.0. The number of carbonyl (C=O) groups excluding carboxylic acids is 1. The van der Waals surface area contributed by atoms with Gasteiger partial charge in [-0.2, -0.15) is 0 Å². The van der Waals surface area contributed by atoms with E-state index >= 15 is 0 Å². The van der Waals surface area contributed by atoms with Crippen molar-refractivity contribution in [3.8, 4) is 0 Å². The molecule has 1 amide bonds. The zero-order chi connectivity index (χ0) is 14.3. The van der Waals surface area contributed by atoms with E-state index in [2.05, 4.69) is 26.1 Å². The van der Waals surface area contributed by atoms with Crippen LogP contribution in [0.3, 0.4) is 0 Å². The topological polar surface area (TPSA) is 55.1 Å². The SMILES string of the molecule is CC(C)C(CCN)CCC(=O)NC1(C)CCCCC1. The van der Waals surface area contributed by atoms with Gasteiger partial charge < -0.3 is 11.1 Å². The maximum atomic E-state index is 12.1. The molecule has 1 rings (SSSR count). The molecule has 0 aromatic carbocycles. The van der Waals surface area contributed by atoms with E-state index in [1.165, 1.54) is 19.3 Å². The highest BCUT2D eigenvalue weighted by atomic mass is 16.1. The number of nitrogens with one attached hydrogen (secondary N) is 1. The molecule has 19 heavy (non-hydrogen) atoms. The minimum Gasteiger partial charge on any atom is -0.351 e. The van der Waals surface area contributed by atoms with Gasteiger partial charge in [-0.15, -0.1) is 0 Å². The average molecular weight is 268 g/mol. The molecule has 0 aromatic rings. The van der Waals surface area contributed by atoms with E-state index < -0.39 is 0 Å². The third-order valence-corrected chi connectivity index (χ3v) is 4.62. The summed E-state index contributed by atoms with van der Waals surface area (Å²) in [6, 6.07) is 0. The summed E-state index contributed by atoms with van der Waals surface area (Å²) in [7, 11) is 0. The van der Waals surface area contributed by atoms with Gasteiger partial charge in [-0.3, -0.25) is 4.79 Å². The fourth-order valence-electron chi connectivity index (χ4n) is 3.20. The van der Waals surface area contributed by atoms with Gasteiger partial charge in [-0.1, -0.05) is 33.1 Å². The lowest BCUT2D eigenvalue weighted by Gasteiger charge is -2.34. The van der Waals surface area contributed by atoms with Crippen LogP contribution in [0.2, 0.25) is 0 Å². The van der Waals surface area contributed by atoms with E-state index in [-0.39, 0.29) is 11.4 Å². The molecular weight excluding hydrogens is 236 g/mol. The van der Waals surface area contributed by atoms with Gasteiger partial charge in [-0.05, 0) is 51.0 Å². The number of amides is 1. The standard InChI is InChI=1S/C16H32N2O/c1-13(2)14(9-12-17)7-8-15(19)18-16(3)10-5-4-6-11-16/h13-14H,4-12,17H2,1-3H3,(H,18,19). The molecule has 1 saturated carbocycles. The highest BCUT2D eigenvalue weighted by Crippen LogP contribution is 2.28. The Kier molecular flexibility index (Phi) is 6.84. The van der Waals surface area contributed by atoms with Crippen molar-refractivity contribution in [3.63, 3.8) is 0 Å². The molecule has 0 radical (unpaired) electrons. The first-order chi connectivity index (χ1) is 8.97. The summed E-state index contributed by atoms with van der Waals surface area (Å²) >= 11 is 0. The number of nitrogens with two attached hydrogens (primary N) is 1. The third-order valence-electron chi connectivity index (χ3n) is 4.62. The molecule has 3 heteroatoms. The minimum atomic E-state index is 0.0521. The number of hydrogen-bond donors (Lipinski definition) is 2. The summed E-state index contributed by atoms with van der Waals surface area (Å²) in [6.45, 7) is 7.37. The molecule has 1 aliphatic rings. The fraction of sp³-hybridized carbons (Fsp3) is 0.938. The Morgan fingerprint density at radius 1 is 1.21 bits per heavy atom. The number of hydrogen-bond acceptors (Lipinski definition) is 2. The maximum absolute atomic E-state index is 12.1. The molecule has 1 atom stereocenters. The van der Waals surface area contributed by atoms with Crippen molar-refractivity contribution in [2.45, 2.75) is 77.7 Å². The smallest absolute Gasteiger partial charge is 0.220 e. The van der Waals surface area contributed by atoms with Crippen molar-refractivity contribution in [1.82, 2.24) is 5.32 Å². The van der Waals surface area contributed by atoms with Crippen LogP contribution in [0.25, 0.3) is 0 Å². The molecule has 3 nitrogen and oxygen atoms in total. The highest BCUT2D eigenvalue weighted by Gasteiger charge is 2.28. The first-order valence-corrected chi connectivity index (χ1v) is 7.98. The average Bonchev–Trinajstić information content (AvgIpc) is 2.34. The summed E-state index contributed by atoms with van der Waals surface area (Å²) in [6.07, 6.45) is 8.73. The second-order valence-corrected chi connectivity index (χ2v) is 6.79. The van der Waals surface area contributed by atoms with Crippen LogP contribution in [0.4, 0.5) is 0 Å². The Morgan fingerprint density at radius 3 is 2.37 bits per heavy atom. The number of carbonyl (C=O) groups is 1. The summed E-state index contributed by atoms with van der Waals surface area (Å²) < 4.78 is 0. The van der Waals surface area contributed by atoms with Gasteiger partial charge in [0.15, 0.2) is 0 Å². The van der Waals surface area contributed by atoms with Gasteiger partial charge in [0.2, 0.25) is 5.91 Å². The second-order valence-electron chi connectivity index (χ2n) is 6.79. The molecule has 112 valence electrons. The van der Waals surface area contributed by atoms with Gasteiger partial charge in [0.1, 0.15) is 0 Å². The van der Waals surface area contributed by atoms with E-state index in [4.69, 9.17) is 5.73 Å². The lowest BCUT2D eigenvalue weighted by atomic mass is 9.83. The molecule has 0 heterocycles. The van der Waals surface area contributed by atoms with Crippen molar-refractivity contribution in [3.05, 3.63) is 0 Å². The highest BCUT2D eigenvalue weighted by molar-refractivity contribution is 5.76. The van der Waals surface area contributed by atoms with Crippen LogP contribution in [-0.4, -0.2) is 18.0 Å². The van der Waals surface area contributed by atoms with Gasteiger partial charge in [-0.25, -0.2) is 0 Å². The maximum Gasteiger partial charge on any atom is 0.220 e.